The molecule has 0 aromatic heterocycles. The van der Waals surface area contributed by atoms with Crippen LogP contribution in [-0.2, 0) is 9.53 Å². The Labute approximate surface area is 121 Å². The molecule has 6 heteroatoms. The van der Waals surface area contributed by atoms with E-state index in [0.29, 0.717) is 13.2 Å². The van der Waals surface area contributed by atoms with E-state index in [-0.39, 0.29) is 17.3 Å². The van der Waals surface area contributed by atoms with Crippen molar-refractivity contribution in [1.82, 2.24) is 0 Å². The average molecular weight is 297 g/mol. The smallest absolute Gasteiger partial charge is 0.328 e. The van der Waals surface area contributed by atoms with E-state index in [2.05, 4.69) is 0 Å². The fraction of sp³-hybridized carbons (Fsp3) is 0.400. The van der Waals surface area contributed by atoms with Crippen LogP contribution >= 0.6 is 0 Å². The van der Waals surface area contributed by atoms with E-state index in [1.807, 2.05) is 0 Å². The quantitative estimate of drug-likeness (QED) is 0.868. The number of carboxylic acids is 1. The van der Waals surface area contributed by atoms with Crippen LogP contribution in [-0.4, -0.2) is 37.4 Å². The molecule has 1 aliphatic rings. The van der Waals surface area contributed by atoms with Crippen LogP contribution in [0.1, 0.15) is 18.4 Å². The van der Waals surface area contributed by atoms with Crippen molar-refractivity contribution < 1.29 is 23.4 Å². The van der Waals surface area contributed by atoms with Gasteiger partial charge < -0.3 is 14.7 Å². The fourth-order valence-electron chi connectivity index (χ4n) is 2.44. The molecule has 0 aliphatic carbocycles. The topological polar surface area (TPSA) is 49.8 Å². The third-order valence-corrected chi connectivity index (χ3v) is 3.55. The van der Waals surface area contributed by atoms with E-state index in [4.69, 9.17) is 9.84 Å². The molecule has 114 valence electrons. The number of carboxylic acid groups (broad SMARTS) is 1. The second-order valence-corrected chi connectivity index (χ2v) is 4.96. The molecule has 0 bridgehead atoms. The third kappa shape index (κ3) is 3.78. The number of hydrogen-bond donors (Lipinski definition) is 1. The summed E-state index contributed by atoms with van der Waals surface area (Å²) in [7, 11) is 1.66. The third-order valence-electron chi connectivity index (χ3n) is 3.55. The number of aliphatic carboxylic acids is 1. The second-order valence-electron chi connectivity index (χ2n) is 4.96. The predicted molar refractivity (Wildman–Crippen MR) is 75.3 cm³/mol. The molecule has 0 atom stereocenters. The van der Waals surface area contributed by atoms with Crippen molar-refractivity contribution >= 4 is 17.7 Å². The molecule has 0 unspecified atom stereocenters. The Bertz CT molecular complexity index is 531. The van der Waals surface area contributed by atoms with E-state index >= 15 is 0 Å². The first kappa shape index (κ1) is 15.4. The summed E-state index contributed by atoms with van der Waals surface area (Å²) in [5.41, 5.74) is 0.0888. The average Bonchev–Trinajstić information content (AvgIpc) is 2.45. The molecule has 0 radical (unpaired) electrons. The lowest BCUT2D eigenvalue weighted by molar-refractivity contribution is -0.131. The van der Waals surface area contributed by atoms with Crippen molar-refractivity contribution in [2.24, 2.45) is 0 Å². The number of nitrogens with zero attached hydrogens (tertiary/aromatic N) is 1. The summed E-state index contributed by atoms with van der Waals surface area (Å²) in [4.78, 5) is 12.0. The Hall–Kier alpha value is -1.95. The molecular formula is C15H17F2NO3. The Balaban J connectivity index is 2.25. The summed E-state index contributed by atoms with van der Waals surface area (Å²) < 4.78 is 33.5. The van der Waals surface area contributed by atoms with Crippen molar-refractivity contribution in [3.05, 3.63) is 35.4 Å². The molecule has 4 nitrogen and oxygen atoms in total. The van der Waals surface area contributed by atoms with Crippen molar-refractivity contribution in [1.29, 1.82) is 0 Å². The zero-order chi connectivity index (χ0) is 15.4. The highest BCUT2D eigenvalue weighted by Crippen LogP contribution is 2.28. The number of halogens is 2. The van der Waals surface area contributed by atoms with Gasteiger partial charge in [0.15, 0.2) is 0 Å². The van der Waals surface area contributed by atoms with Crippen LogP contribution in [0.25, 0.3) is 6.08 Å². The van der Waals surface area contributed by atoms with Crippen LogP contribution in [0.2, 0.25) is 0 Å². The number of anilines is 1. The van der Waals surface area contributed by atoms with E-state index in [9.17, 15) is 13.6 Å². The first-order chi connectivity index (χ1) is 9.99. The summed E-state index contributed by atoms with van der Waals surface area (Å²) >= 11 is 0. The van der Waals surface area contributed by atoms with Crippen molar-refractivity contribution in [2.75, 3.05) is 25.2 Å². The number of benzene rings is 1. The molecule has 1 saturated heterocycles. The normalized spacial score (nSPS) is 16.3. The van der Waals surface area contributed by atoms with Gasteiger partial charge in [0.2, 0.25) is 0 Å². The molecule has 1 N–H and O–H groups in total. The monoisotopic (exact) mass is 297 g/mol. The van der Waals surface area contributed by atoms with Gasteiger partial charge in [0.05, 0.1) is 0 Å². The first-order valence-corrected chi connectivity index (χ1v) is 6.69. The van der Waals surface area contributed by atoms with E-state index in [1.54, 1.807) is 11.9 Å². The summed E-state index contributed by atoms with van der Waals surface area (Å²) in [6.07, 6.45) is 3.44. The van der Waals surface area contributed by atoms with E-state index in [1.165, 1.54) is 0 Å². The minimum absolute atomic E-state index is 0.0307. The van der Waals surface area contributed by atoms with Gasteiger partial charge in [-0.2, -0.15) is 0 Å². The molecule has 1 aromatic rings. The minimum Gasteiger partial charge on any atom is -0.478 e. The first-order valence-electron chi connectivity index (χ1n) is 6.69. The number of rotatable bonds is 4. The van der Waals surface area contributed by atoms with Crippen LogP contribution in [0, 0.1) is 11.6 Å². The highest BCUT2D eigenvalue weighted by molar-refractivity contribution is 5.85. The zero-order valence-electron chi connectivity index (χ0n) is 11.7. The minimum atomic E-state index is -1.17. The van der Waals surface area contributed by atoms with Gasteiger partial charge in [0, 0.05) is 32.4 Å². The Morgan fingerprint density at radius 1 is 1.33 bits per heavy atom. The van der Waals surface area contributed by atoms with Gasteiger partial charge in [-0.05, 0) is 36.6 Å². The number of carbonyl (C=O) groups is 1. The maximum absolute atomic E-state index is 14.1. The maximum Gasteiger partial charge on any atom is 0.328 e. The van der Waals surface area contributed by atoms with Crippen molar-refractivity contribution in [3.8, 4) is 0 Å². The van der Waals surface area contributed by atoms with Gasteiger partial charge in [0.25, 0.3) is 0 Å². The zero-order valence-corrected chi connectivity index (χ0v) is 11.7. The molecule has 1 heterocycles. The highest BCUT2D eigenvalue weighted by atomic mass is 19.1. The second kappa shape index (κ2) is 6.67. The Morgan fingerprint density at radius 2 is 1.90 bits per heavy atom. The van der Waals surface area contributed by atoms with E-state index in [0.717, 1.165) is 37.1 Å². The Kier molecular flexibility index (Phi) is 4.90. The summed E-state index contributed by atoms with van der Waals surface area (Å²) in [5.74, 6) is -2.57. The van der Waals surface area contributed by atoms with Crippen LogP contribution < -0.4 is 4.90 Å². The van der Waals surface area contributed by atoms with Gasteiger partial charge in [0.1, 0.15) is 17.3 Å². The van der Waals surface area contributed by atoms with Crippen molar-refractivity contribution in [3.63, 3.8) is 0 Å². The number of hydrogen-bond acceptors (Lipinski definition) is 3. The van der Waals surface area contributed by atoms with Gasteiger partial charge in [-0.25, -0.2) is 13.6 Å². The number of ether oxygens (including phenoxy) is 1. The van der Waals surface area contributed by atoms with Gasteiger partial charge in [-0.15, -0.1) is 0 Å². The molecule has 0 spiro atoms. The van der Waals surface area contributed by atoms with Crippen LogP contribution in [0.3, 0.4) is 0 Å². The molecule has 2 rings (SSSR count). The lowest BCUT2D eigenvalue weighted by Gasteiger charge is -2.33. The lowest BCUT2D eigenvalue weighted by atomic mass is 10.1. The standard InChI is InChI=1S/C15H17F2NO3/c1-18(11-4-6-21-7-5-11)15-12(16)8-10(9-13(15)17)2-3-14(19)20/h2-3,8-9,11H,4-7H2,1H3,(H,19,20). The predicted octanol–water partition coefficient (Wildman–Crippen LogP) is 2.68. The van der Waals surface area contributed by atoms with Gasteiger partial charge in [-0.1, -0.05) is 0 Å². The van der Waals surface area contributed by atoms with Gasteiger partial charge in [-0.3, -0.25) is 0 Å². The molecular weight excluding hydrogens is 280 g/mol. The summed E-state index contributed by atoms with van der Waals surface area (Å²) in [5, 5.41) is 8.53. The lowest BCUT2D eigenvalue weighted by Crippen LogP contribution is -2.37. The SMILES string of the molecule is CN(c1c(F)cc(C=CC(=O)O)cc1F)C1CCOCC1. The van der Waals surface area contributed by atoms with Crippen LogP contribution in [0.5, 0.6) is 0 Å². The molecule has 1 fully saturated rings. The van der Waals surface area contributed by atoms with Crippen LogP contribution in [0.15, 0.2) is 18.2 Å². The molecule has 21 heavy (non-hydrogen) atoms. The largest absolute Gasteiger partial charge is 0.478 e. The molecule has 1 aliphatic heterocycles. The van der Waals surface area contributed by atoms with Gasteiger partial charge >= 0.3 is 5.97 Å². The van der Waals surface area contributed by atoms with Crippen molar-refractivity contribution in [2.45, 2.75) is 18.9 Å². The highest BCUT2D eigenvalue weighted by Gasteiger charge is 2.23. The maximum atomic E-state index is 14.1. The van der Waals surface area contributed by atoms with E-state index < -0.39 is 17.6 Å². The summed E-state index contributed by atoms with van der Waals surface area (Å²) in [6, 6.07) is 2.30. The fourth-order valence-corrected chi connectivity index (χ4v) is 2.44. The molecule has 0 amide bonds. The Morgan fingerprint density at radius 3 is 2.43 bits per heavy atom. The summed E-state index contributed by atoms with van der Waals surface area (Å²) in [6.45, 7) is 1.16. The molecule has 0 saturated carbocycles. The van der Waals surface area contributed by atoms with Crippen LogP contribution in [0.4, 0.5) is 14.5 Å². The molecule has 1 aromatic carbocycles.